The molecule has 0 radical (unpaired) electrons. The fourth-order valence-electron chi connectivity index (χ4n) is 4.89. The number of carbonyl (C=O) groups excluding carboxylic acids is 2. The van der Waals surface area contributed by atoms with Gasteiger partial charge >= 0.3 is 0 Å². The minimum atomic E-state index is -1.16. The lowest BCUT2D eigenvalue weighted by Crippen LogP contribution is -2.57. The molecule has 2 amide bonds. The first-order valence-electron chi connectivity index (χ1n) is 10.5. The molecule has 2 bridgehead atoms. The highest BCUT2D eigenvalue weighted by atomic mass is 19.1. The van der Waals surface area contributed by atoms with E-state index < -0.39 is 53.0 Å². The fraction of sp³-hybridized carbons (Fsp3) is 0.409. The van der Waals surface area contributed by atoms with Crippen LogP contribution in [0.5, 0.6) is 5.75 Å². The summed E-state index contributed by atoms with van der Waals surface area (Å²) in [5.41, 5.74) is -1.71. The zero-order valence-corrected chi connectivity index (χ0v) is 17.6. The first kappa shape index (κ1) is 21.5. The van der Waals surface area contributed by atoms with Crippen molar-refractivity contribution in [2.75, 3.05) is 7.11 Å². The van der Waals surface area contributed by atoms with E-state index in [9.17, 15) is 27.6 Å². The van der Waals surface area contributed by atoms with Crippen molar-refractivity contribution >= 4 is 11.8 Å². The third kappa shape index (κ3) is 3.47. The number of nitrogens with one attached hydrogen (secondary N) is 1. The Kier molecular flexibility index (Phi) is 5.15. The number of aromatic nitrogens is 1. The number of benzene rings is 1. The van der Waals surface area contributed by atoms with E-state index in [-0.39, 0.29) is 35.7 Å². The number of hydrogen-bond donors (Lipinski definition) is 1. The van der Waals surface area contributed by atoms with Crippen LogP contribution in [0.25, 0.3) is 0 Å². The van der Waals surface area contributed by atoms with Crippen molar-refractivity contribution in [2.24, 2.45) is 0 Å². The molecule has 33 heavy (non-hydrogen) atoms. The van der Waals surface area contributed by atoms with Crippen LogP contribution in [0.15, 0.2) is 23.1 Å². The molecular formula is C22H20F3N3O5. The number of nitrogens with zero attached hydrogens (tertiary/aromatic N) is 2. The van der Waals surface area contributed by atoms with Gasteiger partial charge < -0.3 is 24.3 Å². The van der Waals surface area contributed by atoms with Crippen LogP contribution in [0.2, 0.25) is 0 Å². The van der Waals surface area contributed by atoms with E-state index in [1.165, 1.54) is 17.9 Å². The molecule has 3 heterocycles. The standard InChI is InChI=1S/C22H20F3N3O5/c1-32-20-18-22(31)28-11-2-3-12(6-11)33-17(28)9-27(18)8-14(19(20)29)21(30)26-7-13-15(24)4-10(23)5-16(13)25/h4-5,8,11-12,17H,2-3,6-7,9H2,1H3,(H,26,30)/t11?,12-,17+/m0/s1. The molecule has 1 aromatic carbocycles. The molecule has 174 valence electrons. The van der Waals surface area contributed by atoms with Crippen LogP contribution in [0, 0.1) is 17.5 Å². The van der Waals surface area contributed by atoms with Crippen LogP contribution in [0.3, 0.4) is 0 Å². The Balaban J connectivity index is 1.47. The summed E-state index contributed by atoms with van der Waals surface area (Å²) in [6, 6.07) is 1.02. The van der Waals surface area contributed by atoms with Gasteiger partial charge in [0.2, 0.25) is 5.43 Å². The summed E-state index contributed by atoms with van der Waals surface area (Å²) in [6.45, 7) is -0.408. The van der Waals surface area contributed by atoms with Crippen LogP contribution < -0.4 is 15.5 Å². The van der Waals surface area contributed by atoms with Crippen molar-refractivity contribution < 1.29 is 32.2 Å². The highest BCUT2D eigenvalue weighted by Crippen LogP contribution is 2.38. The van der Waals surface area contributed by atoms with Gasteiger partial charge in [-0.1, -0.05) is 0 Å². The molecule has 1 aromatic heterocycles. The number of pyridine rings is 1. The number of fused-ring (bicyclic) bond motifs is 5. The lowest BCUT2D eigenvalue weighted by molar-refractivity contribution is -0.132. The largest absolute Gasteiger partial charge is 0.491 e. The lowest BCUT2D eigenvalue weighted by atomic mass is 10.1. The first-order chi connectivity index (χ1) is 15.8. The Morgan fingerprint density at radius 3 is 2.64 bits per heavy atom. The van der Waals surface area contributed by atoms with E-state index in [1.54, 1.807) is 4.90 Å². The van der Waals surface area contributed by atoms with Gasteiger partial charge in [-0.25, -0.2) is 13.2 Å². The molecule has 3 atom stereocenters. The van der Waals surface area contributed by atoms with E-state index in [0.29, 0.717) is 12.1 Å². The molecule has 2 fully saturated rings. The molecule has 1 saturated carbocycles. The van der Waals surface area contributed by atoms with Crippen LogP contribution in [0.4, 0.5) is 13.2 Å². The van der Waals surface area contributed by atoms with Crippen LogP contribution in [-0.4, -0.2) is 46.8 Å². The first-order valence-corrected chi connectivity index (χ1v) is 10.5. The molecule has 8 nitrogen and oxygen atoms in total. The van der Waals surface area contributed by atoms with Crippen LogP contribution in [0.1, 0.15) is 45.7 Å². The molecule has 1 aliphatic carbocycles. The Morgan fingerprint density at radius 1 is 1.21 bits per heavy atom. The van der Waals surface area contributed by atoms with Crippen molar-refractivity contribution in [3.05, 3.63) is 62.8 Å². The maximum absolute atomic E-state index is 13.9. The number of ether oxygens (including phenoxy) is 2. The molecule has 2 aromatic rings. The van der Waals surface area contributed by atoms with Gasteiger partial charge in [0.15, 0.2) is 17.7 Å². The average Bonchev–Trinajstić information content (AvgIpc) is 3.13. The predicted molar refractivity (Wildman–Crippen MR) is 107 cm³/mol. The summed E-state index contributed by atoms with van der Waals surface area (Å²) in [5.74, 6) is -5.03. The van der Waals surface area contributed by atoms with Gasteiger partial charge in [-0.3, -0.25) is 14.4 Å². The second-order valence-electron chi connectivity index (χ2n) is 8.33. The molecule has 1 saturated heterocycles. The second kappa shape index (κ2) is 7.91. The topological polar surface area (TPSA) is 89.9 Å². The number of amides is 2. The summed E-state index contributed by atoms with van der Waals surface area (Å²) >= 11 is 0. The average molecular weight is 463 g/mol. The Labute approximate surface area is 185 Å². The van der Waals surface area contributed by atoms with Gasteiger partial charge in [0.05, 0.1) is 19.8 Å². The maximum Gasteiger partial charge on any atom is 0.276 e. The Morgan fingerprint density at radius 2 is 1.94 bits per heavy atom. The minimum Gasteiger partial charge on any atom is -0.491 e. The van der Waals surface area contributed by atoms with E-state index >= 15 is 0 Å². The quantitative estimate of drug-likeness (QED) is 0.749. The van der Waals surface area contributed by atoms with E-state index in [0.717, 1.165) is 19.3 Å². The van der Waals surface area contributed by atoms with Crippen LogP contribution >= 0.6 is 0 Å². The Hall–Kier alpha value is -3.34. The normalized spacial score (nSPS) is 23.2. The van der Waals surface area contributed by atoms with Crippen molar-refractivity contribution in [3.8, 4) is 5.75 Å². The highest BCUT2D eigenvalue weighted by Gasteiger charge is 2.47. The zero-order valence-electron chi connectivity index (χ0n) is 17.6. The lowest BCUT2D eigenvalue weighted by Gasteiger charge is -2.44. The zero-order chi connectivity index (χ0) is 23.4. The van der Waals surface area contributed by atoms with Gasteiger partial charge in [-0.2, -0.15) is 0 Å². The SMILES string of the molecule is COc1c2n(cc(C(=O)NCc3c(F)cc(F)cc3F)c1=O)C[C@H]1O[C@H]3CCC(C3)N1C2=O. The Bertz CT molecular complexity index is 1210. The monoisotopic (exact) mass is 463 g/mol. The fourth-order valence-corrected chi connectivity index (χ4v) is 4.89. The van der Waals surface area contributed by atoms with Crippen molar-refractivity contribution in [3.63, 3.8) is 0 Å². The van der Waals surface area contributed by atoms with Gasteiger partial charge in [0.1, 0.15) is 23.0 Å². The number of rotatable bonds is 4. The van der Waals surface area contributed by atoms with Crippen LogP contribution in [-0.2, 0) is 17.8 Å². The van der Waals surface area contributed by atoms with Gasteiger partial charge in [-0.15, -0.1) is 0 Å². The molecular weight excluding hydrogens is 443 g/mol. The van der Waals surface area contributed by atoms with E-state index in [1.807, 2.05) is 0 Å². The molecule has 1 unspecified atom stereocenters. The summed E-state index contributed by atoms with van der Waals surface area (Å²) in [6.07, 6.45) is 3.17. The molecule has 5 rings (SSSR count). The van der Waals surface area contributed by atoms with Gasteiger partial charge in [0.25, 0.3) is 11.8 Å². The molecule has 2 aliphatic heterocycles. The molecule has 11 heteroatoms. The highest BCUT2D eigenvalue weighted by molar-refractivity contribution is 5.99. The molecule has 0 spiro atoms. The van der Waals surface area contributed by atoms with Gasteiger partial charge in [-0.05, 0) is 19.3 Å². The number of methoxy groups -OCH3 is 1. The summed E-state index contributed by atoms with van der Waals surface area (Å²) in [5, 5.41) is 2.27. The smallest absolute Gasteiger partial charge is 0.276 e. The predicted octanol–water partition coefficient (Wildman–Crippen LogP) is 1.94. The number of hydrogen-bond acceptors (Lipinski definition) is 5. The summed E-state index contributed by atoms with van der Waals surface area (Å²) in [4.78, 5) is 40.6. The molecule has 1 N–H and O–H groups in total. The van der Waals surface area contributed by atoms with Crippen molar-refractivity contribution in [1.29, 1.82) is 0 Å². The van der Waals surface area contributed by atoms with E-state index in [4.69, 9.17) is 9.47 Å². The second-order valence-corrected chi connectivity index (χ2v) is 8.33. The minimum absolute atomic E-state index is 0.0262. The third-order valence-electron chi connectivity index (χ3n) is 6.42. The maximum atomic E-state index is 13.9. The van der Waals surface area contributed by atoms with Crippen molar-refractivity contribution in [1.82, 2.24) is 14.8 Å². The molecule has 3 aliphatic rings. The van der Waals surface area contributed by atoms with Crippen molar-refractivity contribution in [2.45, 2.75) is 50.7 Å². The summed E-state index contributed by atoms with van der Waals surface area (Å²) in [7, 11) is 1.22. The number of carbonyl (C=O) groups is 2. The number of halogens is 3. The third-order valence-corrected chi connectivity index (χ3v) is 6.42. The van der Waals surface area contributed by atoms with Gasteiger partial charge in [0, 0.05) is 36.5 Å². The summed E-state index contributed by atoms with van der Waals surface area (Å²) < 4.78 is 53.5. The van der Waals surface area contributed by atoms with E-state index in [2.05, 4.69) is 5.32 Å².